The van der Waals surface area contributed by atoms with E-state index in [0.29, 0.717) is 49.1 Å². The van der Waals surface area contributed by atoms with Crippen LogP contribution in [-0.2, 0) is 14.3 Å². The molecule has 2 heterocycles. The maximum Gasteiger partial charge on any atom is 0.407 e. The first-order valence-electron chi connectivity index (χ1n) is 13.2. The van der Waals surface area contributed by atoms with Crippen molar-refractivity contribution < 1.29 is 29.0 Å². The molecule has 0 spiro atoms. The first kappa shape index (κ1) is 29.0. The molecule has 9 heteroatoms. The van der Waals surface area contributed by atoms with Gasteiger partial charge in [-0.05, 0) is 71.8 Å². The van der Waals surface area contributed by atoms with E-state index in [2.05, 4.69) is 24.1 Å². The molecule has 1 aromatic heterocycles. The van der Waals surface area contributed by atoms with Gasteiger partial charge in [-0.2, -0.15) is 0 Å². The van der Waals surface area contributed by atoms with Crippen LogP contribution in [0.3, 0.4) is 0 Å². The number of carboxylic acid groups (broad SMARTS) is 1. The standard InChI is InChI=1S/C28H40N2O6S/c1-18-6-8-20(9-7-18)25(31)30(19(2)11-14-29-27(34)36-21-12-15-35-17-21)23-16-22(10-13-28(3,4)5)37-24(23)26(32)33/h16,18-21H,6-9,11-12,14-15,17H2,1-5H3,(H,29,34)(H,32,33)/t18-,19?,20-,21?. The van der Waals surface area contributed by atoms with E-state index in [1.165, 1.54) is 0 Å². The molecule has 0 radical (unpaired) electrons. The average molecular weight is 533 g/mol. The molecule has 2 aliphatic rings. The molecule has 1 saturated heterocycles. The molecule has 2 N–H and O–H groups in total. The number of carbonyl (C=O) groups is 3. The highest BCUT2D eigenvalue weighted by Crippen LogP contribution is 2.36. The maximum atomic E-state index is 13.9. The van der Waals surface area contributed by atoms with Crippen LogP contribution in [0.25, 0.3) is 0 Å². The zero-order chi connectivity index (χ0) is 27.2. The van der Waals surface area contributed by atoms with Gasteiger partial charge in [0, 0.05) is 30.3 Å². The fourth-order valence-electron chi connectivity index (χ4n) is 4.61. The number of aromatic carboxylic acids is 1. The van der Waals surface area contributed by atoms with Crippen molar-refractivity contribution in [2.24, 2.45) is 17.3 Å². The normalized spacial score (nSPS) is 22.5. The second-order valence-electron chi connectivity index (χ2n) is 11.3. The molecule has 37 heavy (non-hydrogen) atoms. The van der Waals surface area contributed by atoms with Crippen LogP contribution in [0.2, 0.25) is 0 Å². The molecular formula is C28H40N2O6S. The van der Waals surface area contributed by atoms with Crippen molar-refractivity contribution in [3.8, 4) is 11.8 Å². The van der Waals surface area contributed by atoms with Crippen LogP contribution >= 0.6 is 11.3 Å². The molecule has 8 nitrogen and oxygen atoms in total. The lowest BCUT2D eigenvalue weighted by Crippen LogP contribution is -2.45. The number of ether oxygens (including phenoxy) is 2. The van der Waals surface area contributed by atoms with Gasteiger partial charge in [0.25, 0.3) is 0 Å². The highest BCUT2D eigenvalue weighted by Gasteiger charge is 2.34. The first-order chi connectivity index (χ1) is 17.4. The van der Waals surface area contributed by atoms with E-state index in [9.17, 15) is 19.5 Å². The fraction of sp³-hybridized carbons (Fsp3) is 0.679. The summed E-state index contributed by atoms with van der Waals surface area (Å²) in [5, 5.41) is 12.7. The largest absolute Gasteiger partial charge is 0.477 e. The van der Waals surface area contributed by atoms with Gasteiger partial charge < -0.3 is 24.8 Å². The second kappa shape index (κ2) is 12.8. The third kappa shape index (κ3) is 8.47. The van der Waals surface area contributed by atoms with Crippen LogP contribution in [0.15, 0.2) is 6.07 Å². The lowest BCUT2D eigenvalue weighted by Gasteiger charge is -2.35. The van der Waals surface area contributed by atoms with Gasteiger partial charge in [-0.3, -0.25) is 4.79 Å². The first-order valence-corrected chi connectivity index (χ1v) is 14.0. The van der Waals surface area contributed by atoms with Crippen molar-refractivity contribution >= 4 is 35.0 Å². The molecule has 1 aliphatic heterocycles. The van der Waals surface area contributed by atoms with Crippen molar-refractivity contribution in [3.05, 3.63) is 15.8 Å². The summed E-state index contributed by atoms with van der Waals surface area (Å²) in [6.07, 6.45) is 3.93. The minimum atomic E-state index is -1.08. The Hall–Kier alpha value is -2.57. The Morgan fingerprint density at radius 2 is 1.95 bits per heavy atom. The maximum absolute atomic E-state index is 13.9. The highest BCUT2D eigenvalue weighted by molar-refractivity contribution is 7.15. The number of amides is 2. The van der Waals surface area contributed by atoms with Crippen LogP contribution in [0.5, 0.6) is 0 Å². The summed E-state index contributed by atoms with van der Waals surface area (Å²) in [7, 11) is 0. The highest BCUT2D eigenvalue weighted by atomic mass is 32.1. The van der Waals surface area contributed by atoms with Crippen molar-refractivity contribution in [1.29, 1.82) is 0 Å². The van der Waals surface area contributed by atoms with Crippen molar-refractivity contribution in [3.63, 3.8) is 0 Å². The second-order valence-corrected chi connectivity index (χ2v) is 12.3. The Kier molecular flexibility index (Phi) is 10.0. The molecule has 0 aromatic carbocycles. The smallest absolute Gasteiger partial charge is 0.407 e. The molecule has 2 fully saturated rings. The SMILES string of the molecule is CC(CCNC(=O)OC1CCOC1)N(c1cc(C#CC(C)(C)C)sc1C(=O)O)C(=O)[C@H]1CC[C@H](C)CC1. The number of alkyl carbamates (subject to hydrolysis) is 1. The Bertz CT molecular complexity index is 1020. The topological polar surface area (TPSA) is 105 Å². The Labute approximate surface area is 224 Å². The summed E-state index contributed by atoms with van der Waals surface area (Å²) in [6, 6.07) is 1.40. The van der Waals surface area contributed by atoms with E-state index in [4.69, 9.17) is 9.47 Å². The Morgan fingerprint density at radius 3 is 2.54 bits per heavy atom. The zero-order valence-electron chi connectivity index (χ0n) is 22.6. The summed E-state index contributed by atoms with van der Waals surface area (Å²) in [6.45, 7) is 11.4. The van der Waals surface area contributed by atoms with E-state index in [1.807, 2.05) is 27.7 Å². The van der Waals surface area contributed by atoms with Crippen LogP contribution in [-0.4, -0.2) is 55.0 Å². The number of hydrogen-bond donors (Lipinski definition) is 2. The van der Waals surface area contributed by atoms with Gasteiger partial charge in [0.15, 0.2) is 0 Å². The van der Waals surface area contributed by atoms with E-state index >= 15 is 0 Å². The minimum absolute atomic E-state index is 0.0549. The molecule has 3 rings (SSSR count). The van der Waals surface area contributed by atoms with Gasteiger partial charge >= 0.3 is 12.1 Å². The number of rotatable bonds is 8. The lowest BCUT2D eigenvalue weighted by molar-refractivity contribution is -0.124. The van der Waals surface area contributed by atoms with Crippen molar-refractivity contribution in [2.45, 2.75) is 85.3 Å². The predicted octanol–water partition coefficient (Wildman–Crippen LogP) is 5.30. The molecule has 2 atom stereocenters. The number of thiophene rings is 1. The number of anilines is 1. The molecular weight excluding hydrogens is 492 g/mol. The van der Waals surface area contributed by atoms with Gasteiger partial charge in [-0.25, -0.2) is 9.59 Å². The van der Waals surface area contributed by atoms with Gasteiger partial charge in [0.05, 0.1) is 23.8 Å². The summed E-state index contributed by atoms with van der Waals surface area (Å²) in [4.78, 5) is 40.6. The van der Waals surface area contributed by atoms with Gasteiger partial charge in [0.2, 0.25) is 5.91 Å². The monoisotopic (exact) mass is 532 g/mol. The van der Waals surface area contributed by atoms with Gasteiger partial charge in [-0.15, -0.1) is 11.3 Å². The van der Waals surface area contributed by atoms with E-state index in [-0.39, 0.29) is 34.3 Å². The molecule has 1 aliphatic carbocycles. The summed E-state index contributed by atoms with van der Waals surface area (Å²) >= 11 is 1.10. The van der Waals surface area contributed by atoms with Gasteiger partial charge in [0.1, 0.15) is 11.0 Å². The molecule has 2 amide bonds. The summed E-state index contributed by atoms with van der Waals surface area (Å²) < 4.78 is 10.6. The molecule has 0 bridgehead atoms. The molecule has 1 saturated carbocycles. The Balaban J connectivity index is 1.81. The van der Waals surface area contributed by atoms with Crippen LogP contribution < -0.4 is 10.2 Å². The van der Waals surface area contributed by atoms with Gasteiger partial charge in [-0.1, -0.05) is 18.8 Å². The third-order valence-electron chi connectivity index (χ3n) is 6.76. The van der Waals surface area contributed by atoms with E-state index in [0.717, 1.165) is 37.0 Å². The summed E-state index contributed by atoms with van der Waals surface area (Å²) in [5.74, 6) is 5.56. The van der Waals surface area contributed by atoms with E-state index < -0.39 is 12.1 Å². The van der Waals surface area contributed by atoms with Crippen molar-refractivity contribution in [1.82, 2.24) is 5.32 Å². The quantitative estimate of drug-likeness (QED) is 0.441. The number of nitrogens with zero attached hydrogens (tertiary/aromatic N) is 1. The third-order valence-corrected chi connectivity index (χ3v) is 7.79. The number of hydrogen-bond acceptors (Lipinski definition) is 6. The minimum Gasteiger partial charge on any atom is -0.477 e. The van der Waals surface area contributed by atoms with Crippen LogP contribution in [0.1, 0.15) is 87.7 Å². The van der Waals surface area contributed by atoms with E-state index in [1.54, 1.807) is 11.0 Å². The molecule has 2 unspecified atom stereocenters. The predicted molar refractivity (Wildman–Crippen MR) is 144 cm³/mol. The summed E-state index contributed by atoms with van der Waals surface area (Å²) in [5.41, 5.74) is 0.151. The molecule has 1 aromatic rings. The number of carbonyl (C=O) groups excluding carboxylic acids is 2. The lowest BCUT2D eigenvalue weighted by atomic mass is 9.82. The molecule has 204 valence electrons. The Morgan fingerprint density at radius 1 is 1.24 bits per heavy atom. The van der Waals surface area contributed by atoms with Crippen LogP contribution in [0, 0.1) is 29.1 Å². The fourth-order valence-corrected chi connectivity index (χ4v) is 5.45. The average Bonchev–Trinajstić information content (AvgIpc) is 3.48. The van der Waals surface area contributed by atoms with Crippen molar-refractivity contribution in [2.75, 3.05) is 24.7 Å². The van der Waals surface area contributed by atoms with Crippen LogP contribution in [0.4, 0.5) is 10.5 Å². The zero-order valence-corrected chi connectivity index (χ0v) is 23.4. The number of nitrogens with one attached hydrogen (secondary N) is 1. The number of carboxylic acids is 1.